The van der Waals surface area contributed by atoms with Crippen LogP contribution in [0.15, 0.2) is 18.3 Å². The fourth-order valence-electron chi connectivity index (χ4n) is 2.35. The van der Waals surface area contributed by atoms with E-state index < -0.39 is 0 Å². The summed E-state index contributed by atoms with van der Waals surface area (Å²) >= 11 is 0. The lowest BCUT2D eigenvalue weighted by Gasteiger charge is -2.30. The second-order valence-corrected chi connectivity index (χ2v) is 5.00. The highest BCUT2D eigenvalue weighted by Crippen LogP contribution is 2.09. The van der Waals surface area contributed by atoms with Crippen LogP contribution >= 0.6 is 0 Å². The molecule has 1 aromatic heterocycles. The van der Waals surface area contributed by atoms with Crippen LogP contribution in [-0.2, 0) is 11.2 Å². The summed E-state index contributed by atoms with van der Waals surface area (Å²) in [5.74, 6) is 0.0670. The van der Waals surface area contributed by atoms with Gasteiger partial charge in [0.1, 0.15) is 0 Å². The molecule has 0 bridgehead atoms. The van der Waals surface area contributed by atoms with Crippen LogP contribution in [0.3, 0.4) is 0 Å². The summed E-state index contributed by atoms with van der Waals surface area (Å²) in [7, 11) is 0. The number of aromatic nitrogens is 1. The Kier molecular flexibility index (Phi) is 4.31. The molecule has 0 spiro atoms. The fourth-order valence-corrected chi connectivity index (χ4v) is 2.35. The molecule has 4 nitrogen and oxygen atoms in total. The van der Waals surface area contributed by atoms with E-state index in [4.69, 9.17) is 0 Å². The highest BCUT2D eigenvalue weighted by atomic mass is 16.1. The standard InChI is InChI=1S/C14H21N3O/c1-10-5-3-8-16-13(10)9-14(18)17-12-6-4-7-15-11(12)2/h3,5,8,11-12,15H,4,6-7,9H2,1-2H3,(H,17,18). The molecule has 1 saturated heterocycles. The molecule has 1 fully saturated rings. The largest absolute Gasteiger partial charge is 0.351 e. The van der Waals surface area contributed by atoms with E-state index in [2.05, 4.69) is 22.5 Å². The van der Waals surface area contributed by atoms with Crippen LogP contribution in [0.5, 0.6) is 0 Å². The Balaban J connectivity index is 1.90. The lowest BCUT2D eigenvalue weighted by Crippen LogP contribution is -2.52. The van der Waals surface area contributed by atoms with Crippen LogP contribution in [0.2, 0.25) is 0 Å². The van der Waals surface area contributed by atoms with E-state index in [0.29, 0.717) is 12.5 Å². The molecule has 0 aliphatic carbocycles. The van der Waals surface area contributed by atoms with E-state index >= 15 is 0 Å². The van der Waals surface area contributed by atoms with Gasteiger partial charge in [-0.25, -0.2) is 0 Å². The Morgan fingerprint density at radius 3 is 3.17 bits per heavy atom. The van der Waals surface area contributed by atoms with Crippen molar-refractivity contribution in [2.75, 3.05) is 6.54 Å². The van der Waals surface area contributed by atoms with Gasteiger partial charge in [-0.1, -0.05) is 6.07 Å². The zero-order chi connectivity index (χ0) is 13.0. The number of amides is 1. The van der Waals surface area contributed by atoms with E-state index in [0.717, 1.165) is 30.6 Å². The summed E-state index contributed by atoms with van der Waals surface area (Å²) in [6, 6.07) is 4.48. The molecule has 98 valence electrons. The Morgan fingerprint density at radius 2 is 2.44 bits per heavy atom. The molecule has 18 heavy (non-hydrogen) atoms. The molecule has 1 aromatic rings. The Bertz CT molecular complexity index is 419. The summed E-state index contributed by atoms with van der Waals surface area (Å²) in [5.41, 5.74) is 1.94. The molecule has 2 N–H and O–H groups in total. The minimum absolute atomic E-state index is 0.0670. The third-order valence-electron chi connectivity index (χ3n) is 3.55. The number of pyridine rings is 1. The number of hydrogen-bond donors (Lipinski definition) is 2. The number of rotatable bonds is 3. The number of hydrogen-bond acceptors (Lipinski definition) is 3. The zero-order valence-electron chi connectivity index (χ0n) is 11.1. The maximum atomic E-state index is 12.0. The van der Waals surface area contributed by atoms with Crippen molar-refractivity contribution < 1.29 is 4.79 Å². The number of nitrogens with one attached hydrogen (secondary N) is 2. The van der Waals surface area contributed by atoms with Crippen molar-refractivity contribution in [1.29, 1.82) is 0 Å². The topological polar surface area (TPSA) is 54.0 Å². The Morgan fingerprint density at radius 1 is 1.61 bits per heavy atom. The van der Waals surface area contributed by atoms with Crippen LogP contribution in [0.4, 0.5) is 0 Å². The molecular formula is C14H21N3O. The van der Waals surface area contributed by atoms with Crippen molar-refractivity contribution in [1.82, 2.24) is 15.6 Å². The highest BCUT2D eigenvalue weighted by molar-refractivity contribution is 5.78. The smallest absolute Gasteiger partial charge is 0.226 e. The van der Waals surface area contributed by atoms with Crippen molar-refractivity contribution in [2.45, 2.75) is 45.2 Å². The zero-order valence-corrected chi connectivity index (χ0v) is 11.1. The van der Waals surface area contributed by atoms with Crippen LogP contribution in [0.1, 0.15) is 31.0 Å². The first-order valence-electron chi connectivity index (χ1n) is 6.60. The van der Waals surface area contributed by atoms with E-state index in [1.54, 1.807) is 6.20 Å². The van der Waals surface area contributed by atoms with Gasteiger partial charge >= 0.3 is 0 Å². The molecule has 0 radical (unpaired) electrons. The summed E-state index contributed by atoms with van der Waals surface area (Å²) in [6.07, 6.45) is 4.29. The predicted octanol–water partition coefficient (Wildman–Crippen LogP) is 1.19. The second kappa shape index (κ2) is 5.96. The van der Waals surface area contributed by atoms with Crippen LogP contribution in [0.25, 0.3) is 0 Å². The normalized spacial score (nSPS) is 23.7. The predicted molar refractivity (Wildman–Crippen MR) is 71.3 cm³/mol. The van der Waals surface area contributed by atoms with Gasteiger partial charge in [0.2, 0.25) is 5.91 Å². The molecule has 1 aliphatic rings. The second-order valence-electron chi connectivity index (χ2n) is 5.00. The van der Waals surface area contributed by atoms with Gasteiger partial charge in [0.05, 0.1) is 12.1 Å². The van der Waals surface area contributed by atoms with Crippen molar-refractivity contribution >= 4 is 5.91 Å². The lowest BCUT2D eigenvalue weighted by molar-refractivity contribution is -0.121. The molecule has 4 heteroatoms. The number of carbonyl (C=O) groups is 1. The van der Waals surface area contributed by atoms with Gasteiger partial charge in [-0.05, 0) is 44.9 Å². The minimum atomic E-state index is 0.0670. The van der Waals surface area contributed by atoms with Crippen LogP contribution < -0.4 is 10.6 Å². The van der Waals surface area contributed by atoms with Gasteiger partial charge in [-0.15, -0.1) is 0 Å². The number of carbonyl (C=O) groups excluding carboxylic acids is 1. The van der Waals surface area contributed by atoms with Crippen LogP contribution in [0, 0.1) is 6.92 Å². The average Bonchev–Trinajstić information content (AvgIpc) is 2.35. The van der Waals surface area contributed by atoms with Gasteiger partial charge < -0.3 is 10.6 Å². The molecule has 2 atom stereocenters. The number of piperidine rings is 1. The molecule has 2 rings (SSSR count). The monoisotopic (exact) mass is 247 g/mol. The first kappa shape index (κ1) is 13.0. The maximum absolute atomic E-state index is 12.0. The van der Waals surface area contributed by atoms with E-state index in [-0.39, 0.29) is 11.9 Å². The average molecular weight is 247 g/mol. The van der Waals surface area contributed by atoms with Gasteiger partial charge in [-0.3, -0.25) is 9.78 Å². The Hall–Kier alpha value is -1.42. The summed E-state index contributed by atoms with van der Waals surface area (Å²) < 4.78 is 0. The molecule has 1 amide bonds. The number of nitrogens with zero attached hydrogens (tertiary/aromatic N) is 1. The van der Waals surface area contributed by atoms with Crippen LogP contribution in [-0.4, -0.2) is 29.5 Å². The first-order chi connectivity index (χ1) is 8.66. The summed E-state index contributed by atoms with van der Waals surface area (Å²) in [4.78, 5) is 16.3. The summed E-state index contributed by atoms with van der Waals surface area (Å²) in [6.45, 7) is 5.16. The van der Waals surface area contributed by atoms with Gasteiger partial charge in [0, 0.05) is 18.3 Å². The highest BCUT2D eigenvalue weighted by Gasteiger charge is 2.22. The molecule has 2 unspecified atom stereocenters. The molecule has 0 aromatic carbocycles. The van der Waals surface area contributed by atoms with E-state index in [9.17, 15) is 4.79 Å². The van der Waals surface area contributed by atoms with Gasteiger partial charge in [0.15, 0.2) is 0 Å². The molecule has 2 heterocycles. The van der Waals surface area contributed by atoms with Crippen molar-refractivity contribution in [3.8, 4) is 0 Å². The fraction of sp³-hybridized carbons (Fsp3) is 0.571. The van der Waals surface area contributed by atoms with Gasteiger partial charge in [-0.2, -0.15) is 0 Å². The van der Waals surface area contributed by atoms with Gasteiger partial charge in [0.25, 0.3) is 0 Å². The minimum Gasteiger partial charge on any atom is -0.351 e. The number of aryl methyl sites for hydroxylation is 1. The molecular weight excluding hydrogens is 226 g/mol. The first-order valence-corrected chi connectivity index (χ1v) is 6.60. The lowest BCUT2D eigenvalue weighted by atomic mass is 9.99. The molecule has 1 aliphatic heterocycles. The van der Waals surface area contributed by atoms with Crippen molar-refractivity contribution in [3.63, 3.8) is 0 Å². The van der Waals surface area contributed by atoms with E-state index in [1.807, 2.05) is 19.1 Å². The Labute approximate surface area is 108 Å². The van der Waals surface area contributed by atoms with E-state index in [1.165, 1.54) is 0 Å². The quantitative estimate of drug-likeness (QED) is 0.843. The third-order valence-corrected chi connectivity index (χ3v) is 3.55. The third kappa shape index (κ3) is 3.29. The SMILES string of the molecule is Cc1cccnc1CC(=O)NC1CCCNC1C. The molecule has 0 saturated carbocycles. The van der Waals surface area contributed by atoms with Crippen molar-refractivity contribution in [2.24, 2.45) is 0 Å². The van der Waals surface area contributed by atoms with Crippen molar-refractivity contribution in [3.05, 3.63) is 29.6 Å². The maximum Gasteiger partial charge on any atom is 0.226 e. The summed E-state index contributed by atoms with van der Waals surface area (Å²) in [5, 5.41) is 6.49.